The highest BCUT2D eigenvalue weighted by Crippen LogP contribution is 2.59. The molecule has 1 fully saturated rings. The van der Waals surface area contributed by atoms with Gasteiger partial charge in [-0.3, -0.25) is 9.59 Å². The second kappa shape index (κ2) is 4.80. The third-order valence-corrected chi connectivity index (χ3v) is 3.92. The van der Waals surface area contributed by atoms with Gasteiger partial charge in [0.15, 0.2) is 5.83 Å². The minimum Gasteiger partial charge on any atom is -0.481 e. The van der Waals surface area contributed by atoms with Crippen molar-refractivity contribution in [3.05, 3.63) is 11.9 Å². The topological polar surface area (TPSA) is 54.4 Å². The lowest BCUT2D eigenvalue weighted by atomic mass is 10.1. The maximum atomic E-state index is 13.5. The van der Waals surface area contributed by atoms with Gasteiger partial charge in [-0.15, -0.1) is 0 Å². The summed E-state index contributed by atoms with van der Waals surface area (Å²) in [6.07, 6.45) is 1.16. The van der Waals surface area contributed by atoms with Crippen LogP contribution in [0.3, 0.4) is 0 Å². The molecule has 3 nitrogen and oxygen atoms in total. The van der Waals surface area contributed by atoms with Gasteiger partial charge in [0, 0.05) is 5.25 Å². The van der Waals surface area contributed by atoms with E-state index in [1.165, 1.54) is 0 Å². The van der Waals surface area contributed by atoms with Crippen LogP contribution in [0.1, 0.15) is 27.7 Å². The summed E-state index contributed by atoms with van der Waals surface area (Å²) in [5.41, 5.74) is -0.466. The van der Waals surface area contributed by atoms with Crippen LogP contribution in [0.2, 0.25) is 0 Å². The van der Waals surface area contributed by atoms with Crippen LogP contribution in [0, 0.1) is 17.3 Å². The molecular formula is C12H17FO3S. The minimum absolute atomic E-state index is 0.0177. The maximum absolute atomic E-state index is 13.5. The summed E-state index contributed by atoms with van der Waals surface area (Å²) in [4.78, 5) is 22.3. The molecule has 0 aromatic heterocycles. The van der Waals surface area contributed by atoms with E-state index < -0.39 is 34.2 Å². The molecule has 0 aromatic rings. The van der Waals surface area contributed by atoms with Crippen LogP contribution in [-0.2, 0) is 9.59 Å². The van der Waals surface area contributed by atoms with E-state index in [1.807, 2.05) is 0 Å². The summed E-state index contributed by atoms with van der Waals surface area (Å²) in [5, 5.41) is 8.31. The number of thioether (sulfide) groups is 1. The van der Waals surface area contributed by atoms with Crippen molar-refractivity contribution in [3.8, 4) is 0 Å². The number of halogens is 1. The third-order valence-electron chi connectivity index (χ3n) is 3.04. The molecule has 0 spiro atoms. The number of carbonyl (C=O) groups excluding carboxylic acids is 1. The first kappa shape index (κ1) is 14.2. The van der Waals surface area contributed by atoms with Crippen LogP contribution in [0.15, 0.2) is 11.9 Å². The predicted octanol–water partition coefficient (Wildman–Crippen LogP) is 2.86. The van der Waals surface area contributed by atoms with Crippen LogP contribution in [-0.4, -0.2) is 21.4 Å². The van der Waals surface area contributed by atoms with E-state index >= 15 is 0 Å². The normalized spacial score (nSPS) is 27.1. The zero-order valence-corrected chi connectivity index (χ0v) is 11.2. The Hall–Kier alpha value is -0.840. The lowest BCUT2D eigenvalue weighted by Gasteiger charge is -2.01. The summed E-state index contributed by atoms with van der Waals surface area (Å²) in [6, 6.07) is 0. The van der Waals surface area contributed by atoms with Gasteiger partial charge in [0.05, 0.1) is 5.92 Å². The van der Waals surface area contributed by atoms with Crippen LogP contribution >= 0.6 is 11.8 Å². The molecule has 2 atom stereocenters. The summed E-state index contributed by atoms with van der Waals surface area (Å²) < 4.78 is 13.5. The van der Waals surface area contributed by atoms with Crippen molar-refractivity contribution in [2.24, 2.45) is 17.3 Å². The van der Waals surface area contributed by atoms with E-state index in [2.05, 4.69) is 0 Å². The maximum Gasteiger partial charge on any atom is 0.307 e. The summed E-state index contributed by atoms with van der Waals surface area (Å²) >= 11 is 0.912. The van der Waals surface area contributed by atoms with E-state index in [1.54, 1.807) is 27.7 Å². The Morgan fingerprint density at radius 3 is 2.29 bits per heavy atom. The van der Waals surface area contributed by atoms with Crippen molar-refractivity contribution >= 4 is 22.8 Å². The molecule has 0 bridgehead atoms. The quantitative estimate of drug-likeness (QED) is 0.790. The average molecular weight is 260 g/mol. The molecule has 1 saturated carbocycles. The Kier molecular flexibility index (Phi) is 4.02. The molecule has 96 valence electrons. The molecular weight excluding hydrogens is 243 g/mol. The molecule has 0 aliphatic heterocycles. The molecule has 0 radical (unpaired) electrons. The van der Waals surface area contributed by atoms with Crippen molar-refractivity contribution in [3.63, 3.8) is 0 Å². The minimum atomic E-state index is -0.937. The van der Waals surface area contributed by atoms with Gasteiger partial charge in [0.1, 0.15) is 0 Å². The first-order valence-corrected chi connectivity index (χ1v) is 6.37. The van der Waals surface area contributed by atoms with Gasteiger partial charge in [0.2, 0.25) is 5.12 Å². The Labute approximate surface area is 104 Å². The second-order valence-electron chi connectivity index (χ2n) is 5.13. The predicted molar refractivity (Wildman–Crippen MR) is 65.3 cm³/mol. The molecule has 1 aliphatic carbocycles. The second-order valence-corrected chi connectivity index (χ2v) is 6.68. The fraction of sp³-hybridized carbons (Fsp3) is 0.667. The molecule has 0 heterocycles. The third kappa shape index (κ3) is 3.09. The van der Waals surface area contributed by atoms with E-state index in [-0.39, 0.29) is 5.25 Å². The largest absolute Gasteiger partial charge is 0.481 e. The number of hydrogen-bond acceptors (Lipinski definition) is 3. The van der Waals surface area contributed by atoms with Gasteiger partial charge in [-0.05, 0) is 17.4 Å². The Morgan fingerprint density at radius 2 is 1.94 bits per heavy atom. The number of carbonyl (C=O) groups is 2. The van der Waals surface area contributed by atoms with Crippen molar-refractivity contribution < 1.29 is 19.1 Å². The van der Waals surface area contributed by atoms with Crippen LogP contribution < -0.4 is 0 Å². The van der Waals surface area contributed by atoms with Crippen LogP contribution in [0.25, 0.3) is 0 Å². The fourth-order valence-corrected chi connectivity index (χ4v) is 2.57. The van der Waals surface area contributed by atoms with Crippen molar-refractivity contribution in [2.75, 3.05) is 0 Å². The molecule has 1 aliphatic rings. The molecule has 1 rings (SSSR count). The number of carboxylic acids is 1. The molecule has 0 amide bonds. The lowest BCUT2D eigenvalue weighted by molar-refractivity contribution is -0.139. The van der Waals surface area contributed by atoms with Crippen LogP contribution in [0.4, 0.5) is 4.39 Å². The Morgan fingerprint density at radius 1 is 1.41 bits per heavy atom. The number of hydrogen-bond donors (Lipinski definition) is 1. The Bertz CT molecular complexity index is 374. The van der Waals surface area contributed by atoms with Crippen molar-refractivity contribution in [1.82, 2.24) is 0 Å². The number of rotatable bonds is 4. The zero-order valence-electron chi connectivity index (χ0n) is 10.4. The van der Waals surface area contributed by atoms with Gasteiger partial charge >= 0.3 is 5.97 Å². The van der Waals surface area contributed by atoms with Gasteiger partial charge in [-0.1, -0.05) is 39.5 Å². The fourth-order valence-electron chi connectivity index (χ4n) is 1.96. The number of aliphatic carboxylic acids is 1. The van der Waals surface area contributed by atoms with E-state index in [0.29, 0.717) is 0 Å². The zero-order chi connectivity index (χ0) is 13.4. The van der Waals surface area contributed by atoms with Crippen molar-refractivity contribution in [1.29, 1.82) is 0 Å². The molecule has 1 N–H and O–H groups in total. The summed E-state index contributed by atoms with van der Waals surface area (Å²) in [6.45, 7) is 7.13. The molecule has 17 heavy (non-hydrogen) atoms. The first-order valence-electron chi connectivity index (χ1n) is 5.49. The highest BCUT2D eigenvalue weighted by Gasteiger charge is 2.61. The van der Waals surface area contributed by atoms with Gasteiger partial charge in [-0.2, -0.15) is 0 Å². The van der Waals surface area contributed by atoms with E-state index in [4.69, 9.17) is 5.11 Å². The number of allylic oxidation sites excluding steroid dienone is 1. The SMILES string of the molecule is CC(C)SC(=O)/C(F)=C\C1C(C(=O)O)C1(C)C. The van der Waals surface area contributed by atoms with Gasteiger partial charge < -0.3 is 5.11 Å². The molecule has 5 heteroatoms. The molecule has 0 saturated heterocycles. The lowest BCUT2D eigenvalue weighted by Crippen LogP contribution is -2.03. The highest BCUT2D eigenvalue weighted by atomic mass is 32.2. The summed E-state index contributed by atoms with van der Waals surface area (Å²) in [7, 11) is 0. The van der Waals surface area contributed by atoms with Crippen LogP contribution in [0.5, 0.6) is 0 Å². The summed E-state index contributed by atoms with van der Waals surface area (Å²) in [5.74, 6) is -2.75. The van der Waals surface area contributed by atoms with E-state index in [0.717, 1.165) is 17.8 Å². The molecule has 2 unspecified atom stereocenters. The number of carboxylic acid groups (broad SMARTS) is 1. The van der Waals surface area contributed by atoms with Gasteiger partial charge in [0.25, 0.3) is 0 Å². The standard InChI is InChI=1S/C12H17FO3S/c1-6(2)17-11(16)8(13)5-7-9(10(14)15)12(7,3)4/h5-7,9H,1-4H3,(H,14,15)/b8-5+. The van der Waals surface area contributed by atoms with Crippen molar-refractivity contribution in [2.45, 2.75) is 32.9 Å². The smallest absolute Gasteiger partial charge is 0.307 e. The van der Waals surface area contributed by atoms with E-state index in [9.17, 15) is 14.0 Å². The molecule has 0 aromatic carbocycles. The first-order chi connectivity index (χ1) is 7.67. The Balaban J connectivity index is 2.71. The van der Waals surface area contributed by atoms with Gasteiger partial charge in [-0.25, -0.2) is 4.39 Å². The monoisotopic (exact) mass is 260 g/mol. The average Bonchev–Trinajstić information content (AvgIpc) is 2.66. The highest BCUT2D eigenvalue weighted by molar-refractivity contribution is 8.14.